The second-order valence-corrected chi connectivity index (χ2v) is 6.83. The molecule has 7 heteroatoms. The highest BCUT2D eigenvalue weighted by molar-refractivity contribution is 7.24. The number of aromatic hydroxyl groups is 1. The van der Waals surface area contributed by atoms with Crippen LogP contribution in [-0.2, 0) is 11.3 Å². The molecule has 3 aromatic rings. The second-order valence-electron chi connectivity index (χ2n) is 5.45. The van der Waals surface area contributed by atoms with E-state index in [1.807, 2.05) is 30.3 Å². The number of phenols is 1. The van der Waals surface area contributed by atoms with Crippen molar-refractivity contribution in [2.75, 3.05) is 4.90 Å². The number of fused-ring (bicyclic) bond motifs is 1. The Morgan fingerprint density at radius 2 is 1.84 bits per heavy atom. The number of phenolic OH excluding ortho intramolecular Hbond substituents is 1. The number of nitrogens with zero attached hydrogens (tertiary/aromatic N) is 1. The van der Waals surface area contributed by atoms with E-state index in [1.165, 1.54) is 24.0 Å². The van der Waals surface area contributed by atoms with E-state index >= 15 is 0 Å². The Hall–Kier alpha value is -2.57. The molecule has 1 aromatic heterocycles. The first kappa shape index (κ1) is 17.3. The molecule has 25 heavy (non-hydrogen) atoms. The summed E-state index contributed by atoms with van der Waals surface area (Å²) < 4.78 is 0.438. The smallest absolute Gasteiger partial charge is 0.339 e. The average molecular weight is 376 g/mol. The number of carbonyl (C=O) groups is 2. The summed E-state index contributed by atoms with van der Waals surface area (Å²) >= 11 is 7.21. The van der Waals surface area contributed by atoms with Crippen LogP contribution in [0.4, 0.5) is 5.00 Å². The van der Waals surface area contributed by atoms with Crippen molar-refractivity contribution >= 4 is 49.9 Å². The fourth-order valence-electron chi connectivity index (χ4n) is 2.59. The molecule has 5 nitrogen and oxygen atoms in total. The number of thiophene rings is 1. The summed E-state index contributed by atoms with van der Waals surface area (Å²) in [4.78, 5) is 25.5. The maximum atomic E-state index is 12.2. The van der Waals surface area contributed by atoms with E-state index in [0.717, 1.165) is 16.9 Å². The van der Waals surface area contributed by atoms with Crippen LogP contribution in [-0.4, -0.2) is 22.1 Å². The van der Waals surface area contributed by atoms with Gasteiger partial charge in [0.25, 0.3) is 0 Å². The van der Waals surface area contributed by atoms with Gasteiger partial charge < -0.3 is 10.2 Å². The fraction of sp³-hybridized carbons (Fsp3) is 0.111. The maximum Gasteiger partial charge on any atom is 0.339 e. The quantitative estimate of drug-likeness (QED) is 0.703. The van der Waals surface area contributed by atoms with Crippen molar-refractivity contribution in [2.45, 2.75) is 13.5 Å². The molecular weight excluding hydrogens is 362 g/mol. The van der Waals surface area contributed by atoms with Crippen LogP contribution in [0.5, 0.6) is 5.75 Å². The Labute approximate surface area is 152 Å². The lowest BCUT2D eigenvalue weighted by Crippen LogP contribution is -2.28. The molecule has 0 unspecified atom stereocenters. The van der Waals surface area contributed by atoms with Gasteiger partial charge in [0.1, 0.15) is 21.3 Å². The van der Waals surface area contributed by atoms with Gasteiger partial charge in [-0.15, -0.1) is 11.3 Å². The largest absolute Gasteiger partial charge is 0.506 e. The minimum atomic E-state index is -1.15. The minimum Gasteiger partial charge on any atom is -0.506 e. The van der Waals surface area contributed by atoms with E-state index in [1.54, 1.807) is 0 Å². The van der Waals surface area contributed by atoms with Crippen LogP contribution < -0.4 is 4.90 Å². The molecule has 2 aromatic carbocycles. The number of hydrogen-bond acceptors (Lipinski definition) is 4. The molecule has 1 amide bonds. The number of hydrogen-bond donors (Lipinski definition) is 2. The predicted molar refractivity (Wildman–Crippen MR) is 98.8 cm³/mol. The number of halogens is 1. The topological polar surface area (TPSA) is 77.8 Å². The van der Waals surface area contributed by atoms with Crippen LogP contribution in [0.2, 0.25) is 5.02 Å². The molecule has 0 saturated heterocycles. The number of carboxylic acids is 1. The molecule has 0 aliphatic carbocycles. The van der Waals surface area contributed by atoms with Crippen molar-refractivity contribution in [3.63, 3.8) is 0 Å². The lowest BCUT2D eigenvalue weighted by atomic mass is 10.1. The first-order valence-electron chi connectivity index (χ1n) is 7.39. The number of rotatable bonds is 4. The van der Waals surface area contributed by atoms with Crippen LogP contribution in [0, 0.1) is 0 Å². The zero-order valence-electron chi connectivity index (χ0n) is 13.2. The Morgan fingerprint density at radius 3 is 2.44 bits per heavy atom. The highest BCUT2D eigenvalue weighted by Gasteiger charge is 2.26. The second kappa shape index (κ2) is 6.74. The Morgan fingerprint density at radius 1 is 1.16 bits per heavy atom. The van der Waals surface area contributed by atoms with Crippen molar-refractivity contribution in [1.82, 2.24) is 0 Å². The summed E-state index contributed by atoms with van der Waals surface area (Å²) in [5.74, 6) is -1.56. The molecule has 0 bridgehead atoms. The van der Waals surface area contributed by atoms with Crippen molar-refractivity contribution in [1.29, 1.82) is 0 Å². The summed E-state index contributed by atoms with van der Waals surface area (Å²) in [7, 11) is 0. The molecular formula is C18H14ClNO4S. The standard InChI is InChI=1S/C18H14ClNO4S/c1-10(21)20(9-11-5-3-2-4-6-11)17-14(18(23)24)12-7-8-13(22)15(19)16(12)25-17/h2-8,22H,9H2,1H3,(H,23,24). The van der Waals surface area contributed by atoms with E-state index < -0.39 is 5.97 Å². The maximum absolute atomic E-state index is 12.2. The molecule has 0 radical (unpaired) electrons. The number of anilines is 1. The normalized spacial score (nSPS) is 10.8. The van der Waals surface area contributed by atoms with Gasteiger partial charge in [0.15, 0.2) is 0 Å². The van der Waals surface area contributed by atoms with Gasteiger partial charge in [0.05, 0.1) is 11.2 Å². The molecule has 0 fully saturated rings. The van der Waals surface area contributed by atoms with Gasteiger partial charge in [0, 0.05) is 12.3 Å². The molecule has 128 valence electrons. The lowest BCUT2D eigenvalue weighted by molar-refractivity contribution is -0.116. The van der Waals surface area contributed by atoms with Crippen molar-refractivity contribution < 1.29 is 19.8 Å². The SMILES string of the molecule is CC(=O)N(Cc1ccccc1)c1sc2c(Cl)c(O)ccc2c1C(=O)O. The van der Waals surface area contributed by atoms with E-state index in [0.29, 0.717) is 15.1 Å². The highest BCUT2D eigenvalue weighted by atomic mass is 35.5. The van der Waals surface area contributed by atoms with Crippen LogP contribution in [0.1, 0.15) is 22.8 Å². The van der Waals surface area contributed by atoms with Crippen molar-refractivity contribution in [3.05, 3.63) is 58.6 Å². The molecule has 0 aliphatic heterocycles. The monoisotopic (exact) mass is 375 g/mol. The average Bonchev–Trinajstić information content (AvgIpc) is 2.96. The summed E-state index contributed by atoms with van der Waals surface area (Å²) in [6.07, 6.45) is 0. The summed E-state index contributed by atoms with van der Waals surface area (Å²) in [5.41, 5.74) is 0.883. The summed E-state index contributed by atoms with van der Waals surface area (Å²) in [6, 6.07) is 12.2. The first-order chi connectivity index (χ1) is 11.9. The van der Waals surface area contributed by atoms with Gasteiger partial charge in [-0.3, -0.25) is 9.69 Å². The van der Waals surface area contributed by atoms with Crippen LogP contribution >= 0.6 is 22.9 Å². The zero-order valence-corrected chi connectivity index (χ0v) is 14.8. The molecule has 1 heterocycles. The molecule has 3 rings (SSSR count). The zero-order chi connectivity index (χ0) is 18.1. The van der Waals surface area contributed by atoms with Crippen LogP contribution in [0.3, 0.4) is 0 Å². The van der Waals surface area contributed by atoms with E-state index in [-0.39, 0.29) is 28.8 Å². The van der Waals surface area contributed by atoms with E-state index in [4.69, 9.17) is 11.6 Å². The number of carboxylic acid groups (broad SMARTS) is 1. The number of aromatic carboxylic acids is 1. The van der Waals surface area contributed by atoms with Gasteiger partial charge >= 0.3 is 5.97 Å². The predicted octanol–water partition coefficient (Wildman–Crippen LogP) is 4.51. The molecule has 0 aliphatic rings. The number of benzene rings is 2. The van der Waals surface area contributed by atoms with Gasteiger partial charge in [-0.2, -0.15) is 0 Å². The van der Waals surface area contributed by atoms with Crippen LogP contribution in [0.25, 0.3) is 10.1 Å². The third-order valence-electron chi connectivity index (χ3n) is 3.78. The first-order valence-corrected chi connectivity index (χ1v) is 8.59. The Kier molecular flexibility index (Phi) is 4.65. The van der Waals surface area contributed by atoms with E-state index in [2.05, 4.69) is 0 Å². The number of carbonyl (C=O) groups excluding carboxylic acids is 1. The molecule has 0 atom stereocenters. The summed E-state index contributed by atoms with van der Waals surface area (Å²) in [6.45, 7) is 1.63. The molecule has 0 saturated carbocycles. The van der Waals surface area contributed by atoms with Crippen molar-refractivity contribution in [3.8, 4) is 5.75 Å². The van der Waals surface area contributed by atoms with Gasteiger partial charge in [-0.25, -0.2) is 4.79 Å². The third kappa shape index (κ3) is 3.18. The molecule has 2 N–H and O–H groups in total. The van der Waals surface area contributed by atoms with Crippen molar-refractivity contribution in [2.24, 2.45) is 0 Å². The lowest BCUT2D eigenvalue weighted by Gasteiger charge is -2.20. The Bertz CT molecular complexity index is 968. The molecule has 0 spiro atoms. The van der Waals surface area contributed by atoms with Gasteiger partial charge in [-0.05, 0) is 17.7 Å². The Balaban J connectivity index is 2.20. The minimum absolute atomic E-state index is 0.00744. The fourth-order valence-corrected chi connectivity index (χ4v) is 4.14. The number of amides is 1. The van der Waals surface area contributed by atoms with Gasteiger partial charge in [-0.1, -0.05) is 41.9 Å². The van der Waals surface area contributed by atoms with Crippen LogP contribution in [0.15, 0.2) is 42.5 Å². The van der Waals surface area contributed by atoms with E-state index in [9.17, 15) is 19.8 Å². The van der Waals surface area contributed by atoms with Gasteiger partial charge in [0.2, 0.25) is 5.91 Å². The summed E-state index contributed by atoms with van der Waals surface area (Å²) in [5, 5.41) is 20.2. The third-order valence-corrected chi connectivity index (χ3v) is 5.52. The highest BCUT2D eigenvalue weighted by Crippen LogP contribution is 2.44.